The fourth-order valence-corrected chi connectivity index (χ4v) is 1.21. The first-order chi connectivity index (χ1) is 5.27. The van der Waals surface area contributed by atoms with Crippen molar-refractivity contribution >= 4 is 0 Å². The number of aromatic nitrogens is 2. The summed E-state index contributed by atoms with van der Waals surface area (Å²) in [4.78, 5) is 0. The molecule has 1 aliphatic heterocycles. The number of aliphatic hydroxyl groups is 1. The molecule has 60 valence electrons. The Bertz CT molecular complexity index is 269. The van der Waals surface area contributed by atoms with Crippen molar-refractivity contribution in [1.29, 1.82) is 0 Å². The quantitative estimate of drug-likeness (QED) is 0.569. The van der Waals surface area contributed by atoms with Gasteiger partial charge in [0.1, 0.15) is 12.7 Å². The highest BCUT2D eigenvalue weighted by atomic mass is 16.5. The third kappa shape index (κ3) is 0.991. The second-order valence-electron chi connectivity index (χ2n) is 2.78. The Morgan fingerprint density at radius 1 is 1.82 bits per heavy atom. The molecular weight excluding hydrogens is 144 g/mol. The molecule has 0 fully saturated rings. The van der Waals surface area contributed by atoms with E-state index in [-0.39, 0.29) is 0 Å². The average Bonchev–Trinajstić information content (AvgIpc) is 2.32. The summed E-state index contributed by atoms with van der Waals surface area (Å²) in [6, 6.07) is 0. The Hall–Kier alpha value is -1.03. The third-order valence-electron chi connectivity index (χ3n) is 1.76. The van der Waals surface area contributed by atoms with Crippen molar-refractivity contribution < 1.29 is 9.84 Å². The molecule has 0 radical (unpaired) electrons. The summed E-state index contributed by atoms with van der Waals surface area (Å²) in [6.45, 7) is 2.87. The van der Waals surface area contributed by atoms with E-state index >= 15 is 0 Å². The summed E-state index contributed by atoms with van der Waals surface area (Å²) >= 11 is 0. The summed E-state index contributed by atoms with van der Waals surface area (Å²) in [5.74, 6) is 0.787. The van der Waals surface area contributed by atoms with Crippen molar-refractivity contribution in [2.75, 3.05) is 6.61 Å². The van der Waals surface area contributed by atoms with Gasteiger partial charge in [-0.1, -0.05) is 0 Å². The van der Waals surface area contributed by atoms with Gasteiger partial charge in [0, 0.05) is 5.56 Å². The van der Waals surface area contributed by atoms with Crippen molar-refractivity contribution in [3.05, 3.63) is 11.8 Å². The number of aryl methyl sites for hydroxylation is 1. The Labute approximate surface area is 64.4 Å². The van der Waals surface area contributed by atoms with Gasteiger partial charge in [0.05, 0.1) is 12.7 Å². The zero-order valence-corrected chi connectivity index (χ0v) is 6.32. The van der Waals surface area contributed by atoms with Gasteiger partial charge in [0.2, 0.25) is 5.88 Å². The summed E-state index contributed by atoms with van der Waals surface area (Å²) in [7, 11) is 0. The lowest BCUT2D eigenvalue weighted by molar-refractivity contribution is 0.0553. The summed E-state index contributed by atoms with van der Waals surface area (Å²) in [6.07, 6.45) is 1.33. The van der Waals surface area contributed by atoms with Crippen LogP contribution in [0.2, 0.25) is 0 Å². The molecule has 1 atom stereocenters. The number of ether oxygens (including phenoxy) is 1. The highest BCUT2D eigenvalue weighted by Crippen LogP contribution is 2.20. The second-order valence-corrected chi connectivity index (χ2v) is 2.78. The lowest BCUT2D eigenvalue weighted by Gasteiger charge is -2.20. The van der Waals surface area contributed by atoms with E-state index in [1.54, 1.807) is 10.9 Å². The number of nitrogens with zero attached hydrogens (tertiary/aromatic N) is 2. The summed E-state index contributed by atoms with van der Waals surface area (Å²) < 4.78 is 6.94. The fraction of sp³-hybridized carbons (Fsp3) is 0.571. The van der Waals surface area contributed by atoms with Crippen LogP contribution < -0.4 is 4.74 Å². The predicted octanol–water partition coefficient (Wildman–Crippen LogP) is -0.0552. The number of aliphatic hydroxyl groups excluding tert-OH is 1. The van der Waals surface area contributed by atoms with Crippen LogP contribution in [-0.4, -0.2) is 27.6 Å². The van der Waals surface area contributed by atoms with Crippen molar-refractivity contribution in [3.63, 3.8) is 0 Å². The van der Waals surface area contributed by atoms with Crippen LogP contribution in [0, 0.1) is 6.92 Å². The maximum atomic E-state index is 9.18. The maximum absolute atomic E-state index is 9.18. The summed E-state index contributed by atoms with van der Waals surface area (Å²) in [5.41, 5.74) is 1.02. The normalized spacial score (nSPS) is 22.5. The number of hydrogen-bond donors (Lipinski definition) is 1. The molecule has 0 aliphatic carbocycles. The zero-order valence-electron chi connectivity index (χ0n) is 6.32. The van der Waals surface area contributed by atoms with Gasteiger partial charge in [-0.3, -0.25) is 0 Å². The van der Waals surface area contributed by atoms with Crippen LogP contribution >= 0.6 is 0 Å². The van der Waals surface area contributed by atoms with Crippen LogP contribution in [0.3, 0.4) is 0 Å². The van der Waals surface area contributed by atoms with Gasteiger partial charge < -0.3 is 9.84 Å². The maximum Gasteiger partial charge on any atom is 0.214 e. The molecule has 0 saturated carbocycles. The third-order valence-corrected chi connectivity index (χ3v) is 1.76. The molecule has 1 aliphatic rings. The average molecular weight is 154 g/mol. The highest BCUT2D eigenvalue weighted by Gasteiger charge is 2.19. The first-order valence-corrected chi connectivity index (χ1v) is 3.60. The van der Waals surface area contributed by atoms with Gasteiger partial charge in [-0.25, -0.2) is 4.68 Å². The van der Waals surface area contributed by atoms with Gasteiger partial charge in [-0.2, -0.15) is 5.10 Å². The SMILES string of the molecule is Cc1cnn2c1OC[C@H](O)C2. The number of rotatable bonds is 0. The van der Waals surface area contributed by atoms with Gasteiger partial charge in [0.25, 0.3) is 0 Å². The minimum Gasteiger partial charge on any atom is -0.475 e. The molecule has 0 unspecified atom stereocenters. The standard InChI is InChI=1S/C7H10N2O2/c1-5-2-8-9-3-6(10)4-11-7(5)9/h2,6,10H,3-4H2,1H3/t6-/m1/s1. The largest absolute Gasteiger partial charge is 0.475 e. The Morgan fingerprint density at radius 3 is 3.45 bits per heavy atom. The molecule has 0 amide bonds. The van der Waals surface area contributed by atoms with E-state index in [9.17, 15) is 5.11 Å². The van der Waals surface area contributed by atoms with E-state index in [4.69, 9.17) is 4.74 Å². The zero-order chi connectivity index (χ0) is 7.84. The van der Waals surface area contributed by atoms with Gasteiger partial charge in [-0.05, 0) is 6.92 Å². The highest BCUT2D eigenvalue weighted by molar-refractivity contribution is 5.23. The second kappa shape index (κ2) is 2.23. The van der Waals surface area contributed by atoms with Gasteiger partial charge >= 0.3 is 0 Å². The lowest BCUT2D eigenvalue weighted by atomic mass is 10.3. The van der Waals surface area contributed by atoms with Crippen LogP contribution in [0.4, 0.5) is 0 Å². The topological polar surface area (TPSA) is 47.3 Å². The molecule has 0 spiro atoms. The molecule has 1 aromatic rings. The van der Waals surface area contributed by atoms with E-state index in [1.165, 1.54) is 0 Å². The minimum atomic E-state index is -0.415. The lowest BCUT2D eigenvalue weighted by Crippen LogP contribution is -2.30. The first kappa shape index (κ1) is 6.67. The van der Waals surface area contributed by atoms with Gasteiger partial charge in [0.15, 0.2) is 0 Å². The molecule has 0 aromatic carbocycles. The van der Waals surface area contributed by atoms with Crippen LogP contribution in [0.15, 0.2) is 6.20 Å². The Morgan fingerprint density at radius 2 is 2.64 bits per heavy atom. The molecular formula is C7H10N2O2. The molecule has 0 bridgehead atoms. The van der Waals surface area contributed by atoms with E-state index in [0.29, 0.717) is 13.2 Å². The fourth-order valence-electron chi connectivity index (χ4n) is 1.21. The minimum absolute atomic E-state index is 0.381. The molecule has 1 aromatic heterocycles. The Kier molecular flexibility index (Phi) is 1.35. The molecule has 11 heavy (non-hydrogen) atoms. The molecule has 1 N–H and O–H groups in total. The molecule has 4 heteroatoms. The van der Waals surface area contributed by atoms with Crippen LogP contribution in [0.25, 0.3) is 0 Å². The van der Waals surface area contributed by atoms with E-state index in [2.05, 4.69) is 5.10 Å². The molecule has 2 heterocycles. The van der Waals surface area contributed by atoms with Crippen LogP contribution in [0.5, 0.6) is 5.88 Å². The van der Waals surface area contributed by atoms with E-state index < -0.39 is 6.10 Å². The predicted molar refractivity (Wildman–Crippen MR) is 38.5 cm³/mol. The van der Waals surface area contributed by atoms with Crippen molar-refractivity contribution in [1.82, 2.24) is 9.78 Å². The van der Waals surface area contributed by atoms with Crippen molar-refractivity contribution in [2.24, 2.45) is 0 Å². The smallest absolute Gasteiger partial charge is 0.214 e. The summed E-state index contributed by atoms with van der Waals surface area (Å²) in [5, 5.41) is 13.2. The van der Waals surface area contributed by atoms with E-state index in [0.717, 1.165) is 11.4 Å². The van der Waals surface area contributed by atoms with Crippen molar-refractivity contribution in [2.45, 2.75) is 19.6 Å². The van der Waals surface area contributed by atoms with Crippen LogP contribution in [0.1, 0.15) is 5.56 Å². The number of hydrogen-bond acceptors (Lipinski definition) is 3. The Balaban J connectivity index is 2.36. The first-order valence-electron chi connectivity index (χ1n) is 3.60. The van der Waals surface area contributed by atoms with Gasteiger partial charge in [-0.15, -0.1) is 0 Å². The van der Waals surface area contributed by atoms with E-state index in [1.807, 2.05) is 6.92 Å². The molecule has 0 saturated heterocycles. The monoisotopic (exact) mass is 154 g/mol. The molecule has 2 rings (SSSR count). The molecule has 4 nitrogen and oxygen atoms in total. The van der Waals surface area contributed by atoms with Crippen molar-refractivity contribution in [3.8, 4) is 5.88 Å². The van der Waals surface area contributed by atoms with Crippen LogP contribution in [-0.2, 0) is 6.54 Å². The number of fused-ring (bicyclic) bond motifs is 1.